The molecule has 40 heavy (non-hydrogen) atoms. The molecule has 0 radical (unpaired) electrons. The van der Waals surface area contributed by atoms with Crippen molar-refractivity contribution in [1.82, 2.24) is 14.9 Å². The number of halogens is 5. The van der Waals surface area contributed by atoms with E-state index in [2.05, 4.69) is 43.3 Å². The number of carbonyl (C=O) groups is 1. The highest BCUT2D eigenvalue weighted by molar-refractivity contribution is 7.13. The van der Waals surface area contributed by atoms with Crippen LogP contribution >= 0.6 is 36.2 Å². The third-order valence-electron chi connectivity index (χ3n) is 6.67. The lowest BCUT2D eigenvalue weighted by Gasteiger charge is -2.36. The van der Waals surface area contributed by atoms with Crippen molar-refractivity contribution in [2.24, 2.45) is 0 Å². The number of hydrogen-bond donors (Lipinski definition) is 1. The minimum atomic E-state index is -4.67. The molecule has 4 aromatic rings. The summed E-state index contributed by atoms with van der Waals surface area (Å²) in [6.07, 6.45) is -3.90. The molecule has 214 valence electrons. The number of aromatic nitrogens is 2. The van der Waals surface area contributed by atoms with Crippen LogP contribution < -0.4 is 10.2 Å². The minimum Gasteiger partial charge on any atom is -0.368 e. The first-order valence-electron chi connectivity index (χ1n) is 12.5. The number of rotatable bonds is 6. The van der Waals surface area contributed by atoms with E-state index in [4.69, 9.17) is 0 Å². The van der Waals surface area contributed by atoms with Gasteiger partial charge in [-0.05, 0) is 62.2 Å². The molecule has 3 heterocycles. The van der Waals surface area contributed by atoms with Crippen LogP contribution in [-0.2, 0) is 12.6 Å². The second kappa shape index (κ2) is 13.2. The lowest BCUT2D eigenvalue weighted by atomic mass is 10.1. The number of hydrogen-bond acceptors (Lipinski definition) is 6. The molecule has 1 aliphatic rings. The summed E-state index contributed by atoms with van der Waals surface area (Å²) < 4.78 is 39.8. The van der Waals surface area contributed by atoms with Crippen LogP contribution in [0.25, 0.3) is 10.9 Å². The molecule has 0 aliphatic carbocycles. The molecule has 6 nitrogen and oxygen atoms in total. The fourth-order valence-electron chi connectivity index (χ4n) is 4.78. The molecule has 1 fully saturated rings. The van der Waals surface area contributed by atoms with Crippen molar-refractivity contribution in [3.8, 4) is 0 Å². The van der Waals surface area contributed by atoms with Crippen LogP contribution in [0.3, 0.4) is 0 Å². The fraction of sp³-hybridized carbons (Fsp3) is 0.321. The molecular weight excluding hydrogens is 582 g/mol. The third-order valence-corrected chi connectivity index (χ3v) is 7.64. The van der Waals surface area contributed by atoms with E-state index in [1.807, 2.05) is 37.3 Å². The Morgan fingerprint density at radius 1 is 0.975 bits per heavy atom. The summed E-state index contributed by atoms with van der Waals surface area (Å²) in [6, 6.07) is 17.7. The lowest BCUT2D eigenvalue weighted by molar-refractivity contribution is -0.141. The molecule has 1 aliphatic heterocycles. The molecule has 0 unspecified atom stereocenters. The molecule has 0 atom stereocenters. The Labute approximate surface area is 247 Å². The van der Waals surface area contributed by atoms with Gasteiger partial charge in [0.05, 0.1) is 10.5 Å². The number of piperazine rings is 1. The summed E-state index contributed by atoms with van der Waals surface area (Å²) in [5, 5.41) is 3.98. The lowest BCUT2D eigenvalue weighted by Crippen LogP contribution is -2.47. The number of aryl methyl sites for hydroxylation is 2. The number of benzene rings is 2. The standard InChI is InChI=1S/C28H28F3N5OS.2ClH/c1-18-9-10-22-23(32-18)7-4-8-24(22)36-15-13-35(14-16-36)12-11-20-5-3-6-21(17-20)34-27(37)25-26(28(29,30)31)33-19(2)38-25;;/h3-10,17H,11-16H2,1-2H3,(H,34,37);2*1H. The Bertz CT molecular complexity index is 1470. The molecule has 2 aromatic heterocycles. The molecule has 0 spiro atoms. The maximum atomic E-state index is 13.3. The highest BCUT2D eigenvalue weighted by Gasteiger charge is 2.39. The fourth-order valence-corrected chi connectivity index (χ4v) is 5.62. The van der Waals surface area contributed by atoms with Gasteiger partial charge in [0, 0.05) is 55.2 Å². The largest absolute Gasteiger partial charge is 0.435 e. The average molecular weight is 613 g/mol. The van der Waals surface area contributed by atoms with Crippen molar-refractivity contribution in [2.45, 2.75) is 26.4 Å². The van der Waals surface area contributed by atoms with Crippen LogP contribution in [0.4, 0.5) is 24.5 Å². The molecule has 1 amide bonds. The molecule has 0 bridgehead atoms. The van der Waals surface area contributed by atoms with Crippen molar-refractivity contribution in [2.75, 3.05) is 42.9 Å². The van der Waals surface area contributed by atoms with E-state index in [0.29, 0.717) is 5.69 Å². The predicted octanol–water partition coefficient (Wildman–Crippen LogP) is 6.79. The quantitative estimate of drug-likeness (QED) is 0.260. The first kappa shape index (κ1) is 31.6. The van der Waals surface area contributed by atoms with Gasteiger partial charge in [0.25, 0.3) is 5.91 Å². The average Bonchev–Trinajstić information content (AvgIpc) is 3.30. The number of fused-ring (bicyclic) bond motifs is 1. The van der Waals surface area contributed by atoms with Gasteiger partial charge in [-0.2, -0.15) is 13.2 Å². The van der Waals surface area contributed by atoms with Gasteiger partial charge in [0.2, 0.25) is 0 Å². The van der Waals surface area contributed by atoms with Crippen molar-refractivity contribution >= 4 is 64.3 Å². The minimum absolute atomic E-state index is 0. The van der Waals surface area contributed by atoms with Crippen molar-refractivity contribution < 1.29 is 18.0 Å². The summed E-state index contributed by atoms with van der Waals surface area (Å²) in [4.78, 5) is 25.2. The van der Waals surface area contributed by atoms with Crippen LogP contribution in [0.2, 0.25) is 0 Å². The Balaban J connectivity index is 0.00000220. The van der Waals surface area contributed by atoms with Crippen LogP contribution in [0.1, 0.15) is 31.6 Å². The third kappa shape index (κ3) is 7.23. The molecule has 1 N–H and O–H groups in total. The van der Waals surface area contributed by atoms with Crippen molar-refractivity contribution in [3.05, 3.63) is 81.4 Å². The molecular formula is C28H30Cl2F3N5OS. The predicted molar refractivity (Wildman–Crippen MR) is 160 cm³/mol. The molecule has 1 saturated heterocycles. The first-order chi connectivity index (χ1) is 18.2. The maximum Gasteiger partial charge on any atom is 0.435 e. The molecule has 12 heteroatoms. The van der Waals surface area contributed by atoms with E-state index in [-0.39, 0.29) is 29.8 Å². The van der Waals surface area contributed by atoms with Gasteiger partial charge in [0.1, 0.15) is 4.88 Å². The summed E-state index contributed by atoms with van der Waals surface area (Å²) in [5.74, 6) is -0.796. The number of alkyl halides is 3. The SMILES string of the molecule is Cc1ccc2c(N3CCN(CCc4cccc(NC(=O)c5sc(C)nc5C(F)(F)F)c4)CC3)cccc2n1.Cl.Cl. The zero-order valence-electron chi connectivity index (χ0n) is 22.0. The van der Waals surface area contributed by atoms with Gasteiger partial charge in [0.15, 0.2) is 5.69 Å². The number of anilines is 2. The van der Waals surface area contributed by atoms with E-state index in [0.717, 1.165) is 67.3 Å². The second-order valence-corrected chi connectivity index (χ2v) is 10.6. The van der Waals surface area contributed by atoms with Crippen LogP contribution in [0, 0.1) is 13.8 Å². The zero-order valence-corrected chi connectivity index (χ0v) is 24.4. The smallest absolute Gasteiger partial charge is 0.368 e. The van der Waals surface area contributed by atoms with E-state index in [1.165, 1.54) is 18.0 Å². The summed E-state index contributed by atoms with van der Waals surface area (Å²) in [5.41, 5.74) is 3.57. The number of carbonyl (C=O) groups excluding carboxylic acids is 1. The Hall–Kier alpha value is -2.92. The number of nitrogens with one attached hydrogen (secondary N) is 1. The van der Waals surface area contributed by atoms with E-state index in [1.54, 1.807) is 6.07 Å². The highest BCUT2D eigenvalue weighted by atomic mass is 35.5. The van der Waals surface area contributed by atoms with Gasteiger partial charge in [-0.25, -0.2) is 4.98 Å². The van der Waals surface area contributed by atoms with Gasteiger partial charge in [-0.3, -0.25) is 14.7 Å². The van der Waals surface area contributed by atoms with Crippen molar-refractivity contribution in [1.29, 1.82) is 0 Å². The Morgan fingerprint density at radius 3 is 2.42 bits per heavy atom. The van der Waals surface area contributed by atoms with E-state index < -0.39 is 22.7 Å². The maximum absolute atomic E-state index is 13.3. The van der Waals surface area contributed by atoms with E-state index >= 15 is 0 Å². The zero-order chi connectivity index (χ0) is 26.9. The summed E-state index contributed by atoms with van der Waals surface area (Å²) in [6.45, 7) is 8.00. The number of pyridine rings is 1. The molecule has 5 rings (SSSR count). The first-order valence-corrected chi connectivity index (χ1v) is 13.3. The highest BCUT2D eigenvalue weighted by Crippen LogP contribution is 2.34. The van der Waals surface area contributed by atoms with Gasteiger partial charge >= 0.3 is 6.18 Å². The van der Waals surface area contributed by atoms with Crippen LogP contribution in [0.5, 0.6) is 0 Å². The number of nitrogens with zero attached hydrogens (tertiary/aromatic N) is 4. The van der Waals surface area contributed by atoms with Crippen LogP contribution in [-0.4, -0.2) is 53.5 Å². The van der Waals surface area contributed by atoms with Gasteiger partial charge < -0.3 is 10.2 Å². The van der Waals surface area contributed by atoms with Gasteiger partial charge in [-0.1, -0.05) is 18.2 Å². The second-order valence-electron chi connectivity index (χ2n) is 9.44. The van der Waals surface area contributed by atoms with Crippen molar-refractivity contribution in [3.63, 3.8) is 0 Å². The number of amides is 1. The van der Waals surface area contributed by atoms with E-state index in [9.17, 15) is 18.0 Å². The normalized spacial score (nSPS) is 14.0. The monoisotopic (exact) mass is 611 g/mol. The molecule has 2 aromatic carbocycles. The van der Waals surface area contributed by atoms with Crippen LogP contribution in [0.15, 0.2) is 54.6 Å². The Kier molecular flexibility index (Phi) is 10.4. The molecule has 0 saturated carbocycles. The topological polar surface area (TPSA) is 61.4 Å². The summed E-state index contributed by atoms with van der Waals surface area (Å²) >= 11 is 0.744. The number of thiazole rings is 1. The Morgan fingerprint density at radius 2 is 1.70 bits per heavy atom. The van der Waals surface area contributed by atoms with Gasteiger partial charge in [-0.15, -0.1) is 36.2 Å². The summed E-state index contributed by atoms with van der Waals surface area (Å²) in [7, 11) is 0.